The van der Waals surface area contributed by atoms with Gasteiger partial charge in [0.1, 0.15) is 0 Å². The van der Waals surface area contributed by atoms with E-state index in [9.17, 15) is 13.2 Å². The summed E-state index contributed by atoms with van der Waals surface area (Å²) >= 11 is 0. The molecule has 1 aromatic rings. The molecule has 0 aliphatic carbocycles. The lowest BCUT2D eigenvalue weighted by Crippen LogP contribution is -2.47. The molecule has 1 heterocycles. The second-order valence-corrected chi connectivity index (χ2v) is 6.33. The summed E-state index contributed by atoms with van der Waals surface area (Å²) in [6, 6.07) is 7.08. The first-order valence-electron chi connectivity index (χ1n) is 5.29. The van der Waals surface area contributed by atoms with Crippen LogP contribution in [0.3, 0.4) is 0 Å². The van der Waals surface area contributed by atoms with Crippen molar-refractivity contribution >= 4 is 25.8 Å². The van der Waals surface area contributed by atoms with Crippen molar-refractivity contribution in [2.75, 3.05) is 0 Å². The van der Waals surface area contributed by atoms with E-state index in [1.807, 2.05) is 31.2 Å². The number of rotatable bonds is 3. The molecule has 0 spiro atoms. The predicted octanol–water partition coefficient (Wildman–Crippen LogP) is 2.01. The maximum Gasteiger partial charge on any atom is 0.324 e. The molecule has 4 nitrogen and oxygen atoms in total. The van der Waals surface area contributed by atoms with Crippen LogP contribution < -0.4 is 0 Å². The highest BCUT2D eigenvalue weighted by Crippen LogP contribution is 2.38. The molecule has 1 unspecified atom stereocenters. The number of hydrogen-bond donors (Lipinski definition) is 0. The first-order chi connectivity index (χ1) is 7.93. The van der Waals surface area contributed by atoms with Crippen LogP contribution in [0.15, 0.2) is 24.3 Å². The monoisotopic (exact) mass is 273 g/mol. The van der Waals surface area contributed by atoms with Crippen molar-refractivity contribution in [2.45, 2.75) is 25.8 Å². The van der Waals surface area contributed by atoms with E-state index in [4.69, 9.17) is 10.7 Å². The third-order valence-electron chi connectivity index (χ3n) is 2.90. The maximum atomic E-state index is 11.2. The largest absolute Gasteiger partial charge is 0.324 e. The number of carbonyl (C=O) groups is 1. The maximum absolute atomic E-state index is 11.2. The number of carbonyl (C=O) groups excluding carboxylic acids is 1. The second kappa shape index (κ2) is 4.31. The average molecular weight is 274 g/mol. The van der Waals surface area contributed by atoms with Crippen LogP contribution in [0.5, 0.6) is 0 Å². The highest BCUT2D eigenvalue weighted by atomic mass is 35.7. The lowest BCUT2D eigenvalue weighted by molar-refractivity contribution is -0.137. The van der Waals surface area contributed by atoms with Gasteiger partial charge in [-0.15, -0.1) is 0 Å². The zero-order chi connectivity index (χ0) is 12.6. The Morgan fingerprint density at radius 3 is 2.35 bits per heavy atom. The third-order valence-corrected chi connectivity index (χ3v) is 4.28. The Kier molecular flexibility index (Phi) is 3.14. The zero-order valence-electron chi connectivity index (χ0n) is 9.26. The Hall–Kier alpha value is -1.07. The van der Waals surface area contributed by atoms with Crippen LogP contribution in [0.4, 0.5) is 0 Å². The van der Waals surface area contributed by atoms with Crippen LogP contribution in [0.1, 0.15) is 30.5 Å². The van der Waals surface area contributed by atoms with Gasteiger partial charge >= 0.3 is 9.24 Å². The van der Waals surface area contributed by atoms with Gasteiger partial charge in [-0.3, -0.25) is 4.79 Å². The van der Waals surface area contributed by atoms with Crippen molar-refractivity contribution in [3.05, 3.63) is 35.4 Å². The van der Waals surface area contributed by atoms with E-state index < -0.39 is 21.2 Å². The van der Waals surface area contributed by atoms with Crippen molar-refractivity contribution in [1.82, 2.24) is 4.31 Å². The molecule has 1 aromatic carbocycles. The SMILES string of the molecule is CCc1ccc(C2CC(=O)N2S(=O)(=O)Cl)cc1. The summed E-state index contributed by atoms with van der Waals surface area (Å²) in [6.07, 6.45) is 1.11. The van der Waals surface area contributed by atoms with Gasteiger partial charge in [0.2, 0.25) is 5.91 Å². The minimum Gasteiger partial charge on any atom is -0.274 e. The molecule has 0 N–H and O–H groups in total. The summed E-state index contributed by atoms with van der Waals surface area (Å²) in [6.45, 7) is 2.04. The molecule has 92 valence electrons. The first kappa shape index (κ1) is 12.4. The highest BCUT2D eigenvalue weighted by Gasteiger charge is 2.44. The number of benzene rings is 1. The van der Waals surface area contributed by atoms with Crippen molar-refractivity contribution in [2.24, 2.45) is 0 Å². The Morgan fingerprint density at radius 1 is 1.35 bits per heavy atom. The molecular weight excluding hydrogens is 262 g/mol. The van der Waals surface area contributed by atoms with Gasteiger partial charge in [0.15, 0.2) is 0 Å². The van der Waals surface area contributed by atoms with Crippen molar-refractivity contribution in [3.8, 4) is 0 Å². The fourth-order valence-corrected chi connectivity index (χ4v) is 3.24. The number of halogens is 1. The van der Waals surface area contributed by atoms with E-state index in [1.54, 1.807) is 0 Å². The van der Waals surface area contributed by atoms with Gasteiger partial charge < -0.3 is 0 Å². The molecule has 6 heteroatoms. The van der Waals surface area contributed by atoms with Gasteiger partial charge in [-0.05, 0) is 17.5 Å². The summed E-state index contributed by atoms with van der Waals surface area (Å²) in [4.78, 5) is 11.2. The number of β-lactam (4-membered cyclic amide) rings is 1. The molecule has 0 aromatic heterocycles. The Morgan fingerprint density at radius 2 is 1.94 bits per heavy atom. The molecule has 2 rings (SSSR count). The van der Waals surface area contributed by atoms with Gasteiger partial charge in [0, 0.05) is 10.7 Å². The number of nitrogens with zero attached hydrogens (tertiary/aromatic N) is 1. The minimum absolute atomic E-state index is 0.192. The summed E-state index contributed by atoms with van der Waals surface area (Å²) in [5.74, 6) is -0.454. The average Bonchev–Trinajstić information content (AvgIpc) is 2.23. The van der Waals surface area contributed by atoms with Gasteiger partial charge in [0.05, 0.1) is 12.5 Å². The molecule has 1 aliphatic rings. The van der Waals surface area contributed by atoms with Crippen molar-refractivity contribution in [3.63, 3.8) is 0 Å². The smallest absolute Gasteiger partial charge is 0.274 e. The summed E-state index contributed by atoms with van der Waals surface area (Å²) in [7, 11) is 1.24. The van der Waals surface area contributed by atoms with Crippen molar-refractivity contribution in [1.29, 1.82) is 0 Å². The third kappa shape index (κ3) is 2.30. The number of hydrogen-bond acceptors (Lipinski definition) is 3. The van der Waals surface area contributed by atoms with Crippen LogP contribution in [-0.2, 0) is 20.5 Å². The fourth-order valence-electron chi connectivity index (χ4n) is 1.90. The van der Waals surface area contributed by atoms with Crippen LogP contribution in [0, 0.1) is 0 Å². The lowest BCUT2D eigenvalue weighted by Gasteiger charge is -2.37. The van der Waals surface area contributed by atoms with E-state index in [-0.39, 0.29) is 6.42 Å². The lowest BCUT2D eigenvalue weighted by atomic mass is 9.96. The molecule has 1 aliphatic heterocycles. The molecule has 0 bridgehead atoms. The topological polar surface area (TPSA) is 54.5 Å². The minimum atomic E-state index is -3.97. The normalized spacial score (nSPS) is 20.2. The molecule has 1 saturated heterocycles. The van der Waals surface area contributed by atoms with Crippen LogP contribution in [0.2, 0.25) is 0 Å². The Balaban J connectivity index is 2.26. The quantitative estimate of drug-likeness (QED) is 0.625. The zero-order valence-corrected chi connectivity index (χ0v) is 10.8. The first-order valence-corrected chi connectivity index (χ1v) is 7.55. The highest BCUT2D eigenvalue weighted by molar-refractivity contribution is 8.12. The number of amides is 1. The van der Waals surface area contributed by atoms with E-state index in [2.05, 4.69) is 0 Å². The van der Waals surface area contributed by atoms with E-state index in [1.165, 1.54) is 5.56 Å². The second-order valence-electron chi connectivity index (χ2n) is 3.95. The van der Waals surface area contributed by atoms with Gasteiger partial charge in [0.25, 0.3) is 0 Å². The van der Waals surface area contributed by atoms with E-state index >= 15 is 0 Å². The molecule has 1 atom stereocenters. The number of aryl methyl sites for hydroxylation is 1. The molecule has 0 saturated carbocycles. The van der Waals surface area contributed by atoms with Crippen LogP contribution >= 0.6 is 10.7 Å². The van der Waals surface area contributed by atoms with Crippen molar-refractivity contribution < 1.29 is 13.2 Å². The molecule has 0 radical (unpaired) electrons. The fraction of sp³-hybridized carbons (Fsp3) is 0.364. The molecule has 1 amide bonds. The summed E-state index contributed by atoms with van der Waals surface area (Å²) < 4.78 is 23.1. The van der Waals surface area contributed by atoms with E-state index in [0.29, 0.717) is 0 Å². The van der Waals surface area contributed by atoms with Gasteiger partial charge in [-0.2, -0.15) is 8.42 Å². The van der Waals surface area contributed by atoms with Gasteiger partial charge in [-0.1, -0.05) is 31.2 Å². The molecular formula is C11H12ClNO3S. The molecule has 17 heavy (non-hydrogen) atoms. The summed E-state index contributed by atoms with van der Waals surface area (Å²) in [5, 5.41) is 0. The Labute approximate surface area is 105 Å². The van der Waals surface area contributed by atoms with Gasteiger partial charge in [-0.25, -0.2) is 4.31 Å². The van der Waals surface area contributed by atoms with E-state index in [0.717, 1.165) is 16.3 Å². The molecule has 1 fully saturated rings. The van der Waals surface area contributed by atoms with Crippen LogP contribution in [0.25, 0.3) is 0 Å². The Bertz CT molecular complexity index is 538. The summed E-state index contributed by atoms with van der Waals surface area (Å²) in [5.41, 5.74) is 1.96. The predicted molar refractivity (Wildman–Crippen MR) is 64.8 cm³/mol. The standard InChI is InChI=1S/C11H12ClNO3S/c1-2-8-3-5-9(6-4-8)10-7-11(14)13(10)17(12,15)16/h3-6,10H,2,7H2,1H3. The van der Waals surface area contributed by atoms with Crippen LogP contribution in [-0.4, -0.2) is 18.6 Å².